The van der Waals surface area contributed by atoms with E-state index in [1.807, 2.05) is 0 Å². The molecule has 0 radical (unpaired) electrons. The second kappa shape index (κ2) is 5.11. The van der Waals surface area contributed by atoms with Crippen LogP contribution in [-0.2, 0) is 11.3 Å². The van der Waals surface area contributed by atoms with Gasteiger partial charge in [-0.25, -0.2) is 8.78 Å². The number of hydrogen-bond acceptors (Lipinski definition) is 2. The molecule has 0 fully saturated rings. The first kappa shape index (κ1) is 12.0. The van der Waals surface area contributed by atoms with E-state index in [-0.39, 0.29) is 12.5 Å². The van der Waals surface area contributed by atoms with Crippen LogP contribution in [-0.4, -0.2) is 11.2 Å². The monoisotopic (exact) mass is 231 g/mol. The number of hydrogen-bond donors (Lipinski definition) is 2. The summed E-state index contributed by atoms with van der Waals surface area (Å²) in [5, 5.41) is 2.12. The predicted octanol–water partition coefficient (Wildman–Crippen LogP) is 1.90. The Bertz CT molecular complexity index is 368. The van der Waals surface area contributed by atoms with E-state index in [0.29, 0.717) is 5.56 Å². The topological polar surface area (TPSA) is 29.1 Å². The maximum absolute atomic E-state index is 12.8. The van der Waals surface area contributed by atoms with Crippen LogP contribution >= 0.6 is 12.6 Å². The third-order valence-electron chi connectivity index (χ3n) is 1.83. The molecule has 5 heteroatoms. The van der Waals surface area contributed by atoms with Crippen molar-refractivity contribution < 1.29 is 13.6 Å². The molecule has 15 heavy (non-hydrogen) atoms. The van der Waals surface area contributed by atoms with Crippen LogP contribution in [0.3, 0.4) is 0 Å². The number of carbonyl (C=O) groups excluding carboxylic acids is 1. The summed E-state index contributed by atoms with van der Waals surface area (Å²) in [5.41, 5.74) is 0.510. The molecule has 1 aromatic carbocycles. The van der Waals surface area contributed by atoms with E-state index in [1.165, 1.54) is 6.07 Å². The van der Waals surface area contributed by atoms with E-state index < -0.39 is 16.9 Å². The summed E-state index contributed by atoms with van der Waals surface area (Å²) in [6, 6.07) is 3.50. The first-order valence-electron chi connectivity index (χ1n) is 4.40. The van der Waals surface area contributed by atoms with E-state index in [2.05, 4.69) is 17.9 Å². The Morgan fingerprint density at radius 2 is 2.13 bits per heavy atom. The van der Waals surface area contributed by atoms with Crippen molar-refractivity contribution in [3.8, 4) is 0 Å². The Morgan fingerprint density at radius 1 is 1.47 bits per heavy atom. The van der Waals surface area contributed by atoms with Crippen molar-refractivity contribution >= 4 is 18.5 Å². The van der Waals surface area contributed by atoms with Crippen LogP contribution in [0.1, 0.15) is 12.5 Å². The summed E-state index contributed by atoms with van der Waals surface area (Å²) in [4.78, 5) is 11.1. The van der Waals surface area contributed by atoms with Crippen LogP contribution < -0.4 is 5.32 Å². The van der Waals surface area contributed by atoms with Gasteiger partial charge in [0, 0.05) is 6.54 Å². The number of benzene rings is 1. The quantitative estimate of drug-likeness (QED) is 0.764. The molecular weight excluding hydrogens is 220 g/mol. The molecule has 1 unspecified atom stereocenters. The van der Waals surface area contributed by atoms with Gasteiger partial charge in [-0.15, -0.1) is 0 Å². The number of carbonyl (C=O) groups is 1. The standard InChI is InChI=1S/C10H11F2NOS/c1-6(15)10(14)13-5-7-2-3-8(11)9(12)4-7/h2-4,6,15H,5H2,1H3,(H,13,14). The number of rotatable bonds is 3. The van der Waals surface area contributed by atoms with E-state index >= 15 is 0 Å². The molecule has 1 N–H and O–H groups in total. The summed E-state index contributed by atoms with van der Waals surface area (Å²) in [6.45, 7) is 1.80. The molecule has 0 spiro atoms. The molecule has 1 aromatic rings. The molecule has 82 valence electrons. The van der Waals surface area contributed by atoms with Crippen LogP contribution in [0.2, 0.25) is 0 Å². The Morgan fingerprint density at radius 3 is 2.67 bits per heavy atom. The van der Waals surface area contributed by atoms with Crippen LogP contribution in [0, 0.1) is 11.6 Å². The highest BCUT2D eigenvalue weighted by Crippen LogP contribution is 2.08. The van der Waals surface area contributed by atoms with Crippen molar-refractivity contribution in [3.05, 3.63) is 35.4 Å². The molecule has 1 rings (SSSR count). The minimum atomic E-state index is -0.916. The summed E-state index contributed by atoms with van der Waals surface area (Å²) in [5.74, 6) is -2.06. The van der Waals surface area contributed by atoms with Crippen LogP contribution in [0.25, 0.3) is 0 Å². The molecule has 0 aliphatic rings. The molecule has 1 amide bonds. The Balaban J connectivity index is 2.58. The van der Waals surface area contributed by atoms with Crippen molar-refractivity contribution in [2.75, 3.05) is 0 Å². The number of thiol groups is 1. The molecule has 0 saturated heterocycles. The average Bonchev–Trinajstić information content (AvgIpc) is 2.19. The first-order chi connectivity index (χ1) is 7.00. The maximum atomic E-state index is 12.8. The maximum Gasteiger partial charge on any atom is 0.232 e. The Hall–Kier alpha value is -1.10. The van der Waals surface area contributed by atoms with Crippen molar-refractivity contribution in [2.45, 2.75) is 18.7 Å². The van der Waals surface area contributed by atoms with E-state index in [0.717, 1.165) is 12.1 Å². The van der Waals surface area contributed by atoms with Gasteiger partial charge < -0.3 is 5.32 Å². The number of amides is 1. The predicted molar refractivity (Wildman–Crippen MR) is 56.7 cm³/mol. The van der Waals surface area contributed by atoms with E-state index in [1.54, 1.807) is 6.92 Å². The van der Waals surface area contributed by atoms with E-state index in [4.69, 9.17) is 0 Å². The fraction of sp³-hybridized carbons (Fsp3) is 0.300. The lowest BCUT2D eigenvalue weighted by Crippen LogP contribution is -2.29. The van der Waals surface area contributed by atoms with Gasteiger partial charge in [-0.1, -0.05) is 6.07 Å². The fourth-order valence-corrected chi connectivity index (χ4v) is 1.08. The van der Waals surface area contributed by atoms with Gasteiger partial charge in [0.2, 0.25) is 5.91 Å². The van der Waals surface area contributed by atoms with E-state index in [9.17, 15) is 13.6 Å². The lowest BCUT2D eigenvalue weighted by atomic mass is 10.2. The molecular formula is C10H11F2NOS. The van der Waals surface area contributed by atoms with Gasteiger partial charge in [-0.05, 0) is 24.6 Å². The summed E-state index contributed by atoms with van der Waals surface area (Å²) in [6.07, 6.45) is 0. The van der Waals surface area contributed by atoms with Gasteiger partial charge in [0.25, 0.3) is 0 Å². The summed E-state index contributed by atoms with van der Waals surface area (Å²) in [7, 11) is 0. The normalized spacial score (nSPS) is 12.3. The second-order valence-corrected chi connectivity index (χ2v) is 3.92. The summed E-state index contributed by atoms with van der Waals surface area (Å²) >= 11 is 3.93. The first-order valence-corrected chi connectivity index (χ1v) is 4.92. The third-order valence-corrected chi connectivity index (χ3v) is 2.06. The highest BCUT2D eigenvalue weighted by molar-refractivity contribution is 7.81. The third kappa shape index (κ3) is 3.51. The SMILES string of the molecule is CC(S)C(=O)NCc1ccc(F)c(F)c1. The zero-order valence-electron chi connectivity index (χ0n) is 8.13. The Labute approximate surface area is 92.1 Å². The number of nitrogens with one attached hydrogen (secondary N) is 1. The van der Waals surface area contributed by atoms with Crippen molar-refractivity contribution in [2.24, 2.45) is 0 Å². The highest BCUT2D eigenvalue weighted by atomic mass is 32.1. The highest BCUT2D eigenvalue weighted by Gasteiger charge is 2.07. The van der Waals surface area contributed by atoms with Gasteiger partial charge in [0.05, 0.1) is 5.25 Å². The van der Waals surface area contributed by atoms with Crippen molar-refractivity contribution in [1.29, 1.82) is 0 Å². The lowest BCUT2D eigenvalue weighted by molar-refractivity contribution is -0.120. The van der Waals surface area contributed by atoms with Gasteiger partial charge in [-0.3, -0.25) is 4.79 Å². The van der Waals surface area contributed by atoms with Gasteiger partial charge in [0.15, 0.2) is 11.6 Å². The zero-order valence-corrected chi connectivity index (χ0v) is 9.02. The molecule has 1 atom stereocenters. The van der Waals surface area contributed by atoms with Gasteiger partial charge in [-0.2, -0.15) is 12.6 Å². The molecule has 0 aromatic heterocycles. The minimum absolute atomic E-state index is 0.168. The largest absolute Gasteiger partial charge is 0.351 e. The molecule has 0 heterocycles. The van der Waals surface area contributed by atoms with Crippen LogP contribution in [0.5, 0.6) is 0 Å². The number of halogens is 2. The minimum Gasteiger partial charge on any atom is -0.351 e. The summed E-state index contributed by atoms with van der Waals surface area (Å²) < 4.78 is 25.3. The lowest BCUT2D eigenvalue weighted by Gasteiger charge is -2.07. The molecule has 0 saturated carbocycles. The molecule has 2 nitrogen and oxygen atoms in total. The second-order valence-electron chi connectivity index (χ2n) is 3.14. The smallest absolute Gasteiger partial charge is 0.232 e. The van der Waals surface area contributed by atoms with Crippen LogP contribution in [0.15, 0.2) is 18.2 Å². The zero-order chi connectivity index (χ0) is 11.4. The van der Waals surface area contributed by atoms with Crippen LogP contribution in [0.4, 0.5) is 8.78 Å². The van der Waals surface area contributed by atoms with Crippen molar-refractivity contribution in [3.63, 3.8) is 0 Å². The molecule has 0 aliphatic heterocycles. The van der Waals surface area contributed by atoms with Gasteiger partial charge >= 0.3 is 0 Å². The van der Waals surface area contributed by atoms with Gasteiger partial charge in [0.1, 0.15) is 0 Å². The Kier molecular flexibility index (Phi) is 4.08. The molecule has 0 bridgehead atoms. The molecule has 0 aliphatic carbocycles. The average molecular weight is 231 g/mol. The fourth-order valence-electron chi connectivity index (χ4n) is 0.986. The van der Waals surface area contributed by atoms with Crippen molar-refractivity contribution in [1.82, 2.24) is 5.32 Å².